The van der Waals surface area contributed by atoms with Crippen LogP contribution in [0.15, 0.2) is 0 Å². The van der Waals surface area contributed by atoms with Crippen molar-refractivity contribution in [3.05, 3.63) is 0 Å². The monoisotopic (exact) mass is 325 g/mol. The quantitative estimate of drug-likeness (QED) is 0.495. The molecule has 1 aliphatic rings. The molecule has 23 heavy (non-hydrogen) atoms. The molecule has 4 heteroatoms. The van der Waals surface area contributed by atoms with Crippen molar-refractivity contribution in [1.82, 2.24) is 0 Å². The molecular weight excluding hydrogens is 290 g/mol. The molecule has 0 saturated heterocycles. The number of carbonyl (C=O) groups excluding carboxylic acids is 1. The highest BCUT2D eigenvalue weighted by atomic mass is 16.4. The number of Topliss-reactive ketones (excluding diaryl/α,β-unsaturated/α-hetero) is 1. The molecule has 0 amide bonds. The minimum absolute atomic E-state index is 0.211. The molecule has 1 saturated carbocycles. The van der Waals surface area contributed by atoms with Gasteiger partial charge in [0.1, 0.15) is 5.78 Å². The zero-order chi connectivity index (χ0) is 17.1. The summed E-state index contributed by atoms with van der Waals surface area (Å²) in [7, 11) is 0. The van der Waals surface area contributed by atoms with E-state index in [9.17, 15) is 9.59 Å². The first-order valence-electron chi connectivity index (χ1n) is 9.54. The predicted molar refractivity (Wildman–Crippen MR) is 93.3 cm³/mol. The number of carbonyl (C=O) groups is 2. The Balaban J connectivity index is 2.22. The van der Waals surface area contributed by atoms with E-state index in [2.05, 4.69) is 6.92 Å². The Kier molecular flexibility index (Phi) is 10.2. The first kappa shape index (κ1) is 20.1. The van der Waals surface area contributed by atoms with E-state index in [0.29, 0.717) is 11.7 Å². The van der Waals surface area contributed by atoms with Gasteiger partial charge in [0.2, 0.25) is 0 Å². The molecule has 4 nitrogen and oxygen atoms in total. The fourth-order valence-electron chi connectivity index (χ4n) is 3.77. The van der Waals surface area contributed by atoms with Crippen molar-refractivity contribution in [3.8, 4) is 0 Å². The maximum atomic E-state index is 12.1. The van der Waals surface area contributed by atoms with Gasteiger partial charge in [-0.1, -0.05) is 39.0 Å². The number of aliphatic carboxylic acids is 1. The van der Waals surface area contributed by atoms with Gasteiger partial charge in [-0.15, -0.1) is 0 Å². The van der Waals surface area contributed by atoms with E-state index in [0.717, 1.165) is 57.8 Å². The lowest BCUT2D eigenvalue weighted by Gasteiger charge is -2.20. The van der Waals surface area contributed by atoms with Gasteiger partial charge < -0.3 is 10.8 Å². The van der Waals surface area contributed by atoms with Crippen LogP contribution in [-0.2, 0) is 9.59 Å². The second-order valence-corrected chi connectivity index (χ2v) is 7.20. The lowest BCUT2D eigenvalue weighted by molar-refractivity contribution is -0.137. The molecule has 1 rings (SSSR count). The van der Waals surface area contributed by atoms with Gasteiger partial charge in [-0.2, -0.15) is 0 Å². The van der Waals surface area contributed by atoms with E-state index in [1.807, 2.05) is 0 Å². The lowest BCUT2D eigenvalue weighted by atomic mass is 9.85. The summed E-state index contributed by atoms with van der Waals surface area (Å²) in [6.07, 6.45) is 12.5. The molecular formula is C19H35NO3. The average Bonchev–Trinajstić information content (AvgIpc) is 2.85. The smallest absolute Gasteiger partial charge is 0.303 e. The van der Waals surface area contributed by atoms with Crippen molar-refractivity contribution in [2.75, 3.05) is 0 Å². The third-order valence-corrected chi connectivity index (χ3v) is 5.24. The van der Waals surface area contributed by atoms with Gasteiger partial charge in [0.25, 0.3) is 0 Å². The zero-order valence-corrected chi connectivity index (χ0v) is 14.8. The lowest BCUT2D eigenvalue weighted by Crippen LogP contribution is -2.22. The van der Waals surface area contributed by atoms with E-state index < -0.39 is 5.97 Å². The third-order valence-electron chi connectivity index (χ3n) is 5.24. The van der Waals surface area contributed by atoms with Crippen LogP contribution in [0.3, 0.4) is 0 Å². The Morgan fingerprint density at radius 1 is 1.17 bits per heavy atom. The van der Waals surface area contributed by atoms with Crippen LogP contribution >= 0.6 is 0 Å². The number of nitrogens with two attached hydrogens (primary N) is 1. The molecule has 3 atom stereocenters. The van der Waals surface area contributed by atoms with Gasteiger partial charge in [0.15, 0.2) is 0 Å². The summed E-state index contributed by atoms with van der Waals surface area (Å²) in [5.41, 5.74) is 6.20. The number of hydrogen-bond donors (Lipinski definition) is 2. The summed E-state index contributed by atoms with van der Waals surface area (Å²) < 4.78 is 0. The number of rotatable bonds is 13. The van der Waals surface area contributed by atoms with Crippen LogP contribution in [0.1, 0.15) is 90.4 Å². The summed E-state index contributed by atoms with van der Waals surface area (Å²) in [6.45, 7) is 2.21. The van der Waals surface area contributed by atoms with Crippen LogP contribution in [0, 0.1) is 11.8 Å². The van der Waals surface area contributed by atoms with Gasteiger partial charge in [-0.05, 0) is 44.4 Å². The maximum Gasteiger partial charge on any atom is 0.303 e. The number of carboxylic acid groups (broad SMARTS) is 1. The van der Waals surface area contributed by atoms with E-state index in [-0.39, 0.29) is 18.4 Å². The number of unbranched alkanes of at least 4 members (excludes halogenated alkanes) is 4. The second-order valence-electron chi connectivity index (χ2n) is 7.20. The zero-order valence-electron chi connectivity index (χ0n) is 14.8. The number of carboxylic acids is 1. The van der Waals surface area contributed by atoms with Gasteiger partial charge in [-0.25, -0.2) is 0 Å². The van der Waals surface area contributed by atoms with Gasteiger partial charge >= 0.3 is 5.97 Å². The van der Waals surface area contributed by atoms with Gasteiger partial charge in [0.05, 0.1) is 0 Å². The Morgan fingerprint density at radius 2 is 1.96 bits per heavy atom. The standard InChI is InChI=1S/C19H35NO3/c1-2-3-5-8-16(20)13-11-15-12-14-18(21)17(15)9-6-4-7-10-19(22)23/h15-17H,2-14,20H2,1H3,(H,22,23)/t15-,16?,17+/m0/s1. The Morgan fingerprint density at radius 3 is 2.65 bits per heavy atom. The molecule has 3 N–H and O–H groups in total. The van der Waals surface area contributed by atoms with Crippen molar-refractivity contribution in [2.45, 2.75) is 96.4 Å². The topological polar surface area (TPSA) is 80.4 Å². The Hall–Kier alpha value is -0.900. The molecule has 0 radical (unpaired) electrons. The summed E-state index contributed by atoms with van der Waals surface area (Å²) in [6, 6.07) is 0.286. The van der Waals surface area contributed by atoms with E-state index >= 15 is 0 Å². The molecule has 0 aromatic heterocycles. The molecule has 134 valence electrons. The van der Waals surface area contributed by atoms with Crippen molar-refractivity contribution in [3.63, 3.8) is 0 Å². The molecule has 0 heterocycles. The van der Waals surface area contributed by atoms with Crippen LogP contribution in [-0.4, -0.2) is 22.9 Å². The molecule has 0 bridgehead atoms. The number of ketones is 1. The van der Waals surface area contributed by atoms with E-state index in [1.165, 1.54) is 19.3 Å². The minimum Gasteiger partial charge on any atom is -0.481 e. The van der Waals surface area contributed by atoms with Crippen LogP contribution in [0.5, 0.6) is 0 Å². The molecule has 0 aliphatic heterocycles. The van der Waals surface area contributed by atoms with Crippen LogP contribution < -0.4 is 5.73 Å². The molecule has 1 aliphatic carbocycles. The van der Waals surface area contributed by atoms with E-state index in [4.69, 9.17) is 10.8 Å². The molecule has 0 spiro atoms. The van der Waals surface area contributed by atoms with Gasteiger partial charge in [-0.3, -0.25) is 9.59 Å². The summed E-state index contributed by atoms with van der Waals surface area (Å²) in [5, 5.41) is 8.64. The highest BCUT2D eigenvalue weighted by molar-refractivity contribution is 5.83. The molecule has 0 aromatic carbocycles. The minimum atomic E-state index is -0.725. The highest BCUT2D eigenvalue weighted by Crippen LogP contribution is 2.36. The van der Waals surface area contributed by atoms with Gasteiger partial charge in [0, 0.05) is 24.8 Å². The van der Waals surface area contributed by atoms with Crippen LogP contribution in [0.25, 0.3) is 0 Å². The number of hydrogen-bond acceptors (Lipinski definition) is 3. The first-order valence-corrected chi connectivity index (χ1v) is 9.54. The Labute approximate surface area is 141 Å². The normalized spacial score (nSPS) is 22.4. The predicted octanol–water partition coefficient (Wildman–Crippen LogP) is 4.30. The van der Waals surface area contributed by atoms with Crippen molar-refractivity contribution in [1.29, 1.82) is 0 Å². The van der Waals surface area contributed by atoms with Crippen molar-refractivity contribution < 1.29 is 14.7 Å². The Bertz CT molecular complexity index is 357. The maximum absolute atomic E-state index is 12.1. The molecule has 0 aromatic rings. The molecule has 1 unspecified atom stereocenters. The van der Waals surface area contributed by atoms with E-state index in [1.54, 1.807) is 0 Å². The van der Waals surface area contributed by atoms with Crippen LogP contribution in [0.2, 0.25) is 0 Å². The molecule has 1 fully saturated rings. The largest absolute Gasteiger partial charge is 0.481 e. The highest BCUT2D eigenvalue weighted by Gasteiger charge is 2.33. The first-order chi connectivity index (χ1) is 11.0. The van der Waals surface area contributed by atoms with Crippen molar-refractivity contribution in [2.24, 2.45) is 17.6 Å². The SMILES string of the molecule is CCCCCC(N)CC[C@H]1CCC(=O)[C@@H]1CCCCCC(=O)O. The van der Waals surface area contributed by atoms with Crippen LogP contribution in [0.4, 0.5) is 0 Å². The summed E-state index contributed by atoms with van der Waals surface area (Å²) in [4.78, 5) is 22.6. The fourth-order valence-corrected chi connectivity index (χ4v) is 3.77. The summed E-state index contributed by atoms with van der Waals surface area (Å²) >= 11 is 0. The average molecular weight is 325 g/mol. The second kappa shape index (κ2) is 11.6. The van der Waals surface area contributed by atoms with Crippen molar-refractivity contribution >= 4 is 11.8 Å². The summed E-state index contributed by atoms with van der Waals surface area (Å²) in [5.74, 6) is 0.423. The fraction of sp³-hybridized carbons (Fsp3) is 0.895. The third kappa shape index (κ3) is 8.50.